The van der Waals surface area contributed by atoms with Gasteiger partial charge in [-0.05, 0) is 6.42 Å². The number of esters is 2. The molecule has 0 aromatic rings. The molecule has 0 aromatic carbocycles. The maximum atomic E-state index is 10.6. The van der Waals surface area contributed by atoms with Gasteiger partial charge in [-0.2, -0.15) is 0 Å². The van der Waals surface area contributed by atoms with Crippen molar-refractivity contribution in [3.05, 3.63) is 0 Å². The summed E-state index contributed by atoms with van der Waals surface area (Å²) in [5, 5.41) is 0. The maximum Gasteiger partial charge on any atom is 0.302 e. The molecule has 94 valence electrons. The molecule has 0 amide bonds. The molecule has 0 radical (unpaired) electrons. The molecule has 1 atom stereocenters. The van der Waals surface area contributed by atoms with E-state index in [4.69, 9.17) is 25.8 Å². The van der Waals surface area contributed by atoms with E-state index in [0.29, 0.717) is 6.42 Å². The summed E-state index contributed by atoms with van der Waals surface area (Å²) < 4.78 is 14.6. The van der Waals surface area contributed by atoms with E-state index in [9.17, 15) is 9.59 Å². The first-order chi connectivity index (χ1) is 7.45. The first-order valence-corrected chi connectivity index (χ1v) is 5.33. The van der Waals surface area contributed by atoms with E-state index < -0.39 is 5.56 Å². The second-order valence-electron chi connectivity index (χ2n) is 3.35. The van der Waals surface area contributed by atoms with E-state index in [2.05, 4.69) is 0 Å². The van der Waals surface area contributed by atoms with Crippen molar-refractivity contribution in [2.75, 3.05) is 20.3 Å². The molecule has 0 aliphatic carbocycles. The van der Waals surface area contributed by atoms with E-state index in [1.165, 1.54) is 21.0 Å². The molecule has 5 nitrogen and oxygen atoms in total. The molecule has 0 saturated heterocycles. The Morgan fingerprint density at radius 1 is 1.12 bits per heavy atom. The van der Waals surface area contributed by atoms with Crippen molar-refractivity contribution in [1.82, 2.24) is 0 Å². The standard InChI is InChI=1S/C10H17ClO5/c1-7(12)15-5-9(4-10(11)14-3)6-16-8(2)13/h9-10H,4-6H2,1-3H3. The van der Waals surface area contributed by atoms with Crippen LogP contribution in [0.1, 0.15) is 20.3 Å². The largest absolute Gasteiger partial charge is 0.465 e. The van der Waals surface area contributed by atoms with Gasteiger partial charge in [-0.15, -0.1) is 0 Å². The maximum absolute atomic E-state index is 10.6. The Morgan fingerprint density at radius 2 is 1.56 bits per heavy atom. The van der Waals surface area contributed by atoms with Crippen molar-refractivity contribution in [2.45, 2.75) is 25.8 Å². The summed E-state index contributed by atoms with van der Waals surface area (Å²) in [4.78, 5) is 21.3. The van der Waals surface area contributed by atoms with Gasteiger partial charge in [-0.25, -0.2) is 0 Å². The highest BCUT2D eigenvalue weighted by molar-refractivity contribution is 6.19. The van der Waals surface area contributed by atoms with Crippen LogP contribution in [-0.2, 0) is 23.8 Å². The lowest BCUT2D eigenvalue weighted by molar-refractivity contribution is -0.146. The van der Waals surface area contributed by atoms with Gasteiger partial charge in [-0.3, -0.25) is 9.59 Å². The van der Waals surface area contributed by atoms with Gasteiger partial charge in [-0.1, -0.05) is 11.6 Å². The van der Waals surface area contributed by atoms with Gasteiger partial charge in [0.05, 0.1) is 13.2 Å². The number of hydrogen-bond acceptors (Lipinski definition) is 5. The van der Waals surface area contributed by atoms with Gasteiger partial charge in [0.2, 0.25) is 0 Å². The van der Waals surface area contributed by atoms with Gasteiger partial charge >= 0.3 is 11.9 Å². The van der Waals surface area contributed by atoms with Gasteiger partial charge in [0.25, 0.3) is 0 Å². The minimum Gasteiger partial charge on any atom is -0.465 e. The molecule has 0 aliphatic rings. The Balaban J connectivity index is 4.04. The molecule has 0 heterocycles. The van der Waals surface area contributed by atoms with Gasteiger partial charge in [0, 0.05) is 26.9 Å². The number of hydrogen-bond donors (Lipinski definition) is 0. The average Bonchev–Trinajstić information content (AvgIpc) is 2.21. The van der Waals surface area contributed by atoms with Crippen molar-refractivity contribution < 1.29 is 23.8 Å². The van der Waals surface area contributed by atoms with Crippen LogP contribution in [0.3, 0.4) is 0 Å². The fraction of sp³-hybridized carbons (Fsp3) is 0.800. The minimum atomic E-state index is -0.490. The topological polar surface area (TPSA) is 61.8 Å². The van der Waals surface area contributed by atoms with Gasteiger partial charge in [0.15, 0.2) is 0 Å². The van der Waals surface area contributed by atoms with Crippen LogP contribution in [0.15, 0.2) is 0 Å². The number of carbonyl (C=O) groups is 2. The van der Waals surface area contributed by atoms with Crippen molar-refractivity contribution in [2.24, 2.45) is 5.92 Å². The lowest BCUT2D eigenvalue weighted by atomic mass is 10.1. The third kappa shape index (κ3) is 8.49. The van der Waals surface area contributed by atoms with Crippen LogP contribution in [-0.4, -0.2) is 37.8 Å². The zero-order chi connectivity index (χ0) is 12.6. The summed E-state index contributed by atoms with van der Waals surface area (Å²) >= 11 is 5.79. The number of halogens is 1. The molecule has 0 fully saturated rings. The van der Waals surface area contributed by atoms with Crippen LogP contribution in [0, 0.1) is 5.92 Å². The van der Waals surface area contributed by atoms with Crippen LogP contribution in [0.2, 0.25) is 0 Å². The second kappa shape index (κ2) is 8.35. The third-order valence-electron chi connectivity index (χ3n) is 1.82. The molecule has 0 aromatic heterocycles. The number of ether oxygens (including phenoxy) is 3. The Kier molecular flexibility index (Phi) is 7.93. The van der Waals surface area contributed by atoms with Crippen molar-refractivity contribution >= 4 is 23.5 Å². The van der Waals surface area contributed by atoms with Crippen molar-refractivity contribution in [3.8, 4) is 0 Å². The second-order valence-corrected chi connectivity index (χ2v) is 3.84. The van der Waals surface area contributed by atoms with Gasteiger partial charge in [0.1, 0.15) is 5.56 Å². The van der Waals surface area contributed by atoms with Crippen molar-refractivity contribution in [1.29, 1.82) is 0 Å². The van der Waals surface area contributed by atoms with Crippen LogP contribution in [0.5, 0.6) is 0 Å². The number of alkyl halides is 1. The molecule has 0 saturated carbocycles. The fourth-order valence-electron chi connectivity index (χ4n) is 1.01. The van der Waals surface area contributed by atoms with Crippen molar-refractivity contribution in [3.63, 3.8) is 0 Å². The van der Waals surface area contributed by atoms with Crippen LogP contribution >= 0.6 is 11.6 Å². The van der Waals surface area contributed by atoms with Crippen LogP contribution in [0.25, 0.3) is 0 Å². The molecular weight excluding hydrogens is 236 g/mol. The molecule has 0 rings (SSSR count). The summed E-state index contributed by atoms with van der Waals surface area (Å²) in [5.74, 6) is -0.914. The Bertz CT molecular complexity index is 213. The summed E-state index contributed by atoms with van der Waals surface area (Å²) in [6.07, 6.45) is 0.443. The Labute approximate surface area is 100.0 Å². The molecule has 16 heavy (non-hydrogen) atoms. The molecule has 0 aliphatic heterocycles. The van der Waals surface area contributed by atoms with Gasteiger partial charge < -0.3 is 14.2 Å². The normalized spacial score (nSPS) is 12.3. The van der Waals surface area contributed by atoms with E-state index in [1.54, 1.807) is 0 Å². The predicted molar refractivity (Wildman–Crippen MR) is 58.0 cm³/mol. The zero-order valence-corrected chi connectivity index (χ0v) is 10.5. The first-order valence-electron chi connectivity index (χ1n) is 4.89. The van der Waals surface area contributed by atoms with Crippen LogP contribution in [0.4, 0.5) is 0 Å². The third-order valence-corrected chi connectivity index (χ3v) is 2.18. The summed E-state index contributed by atoms with van der Waals surface area (Å²) in [5.41, 5.74) is -0.490. The summed E-state index contributed by atoms with van der Waals surface area (Å²) in [7, 11) is 1.48. The number of methoxy groups -OCH3 is 1. The van der Waals surface area contributed by atoms with Crippen LogP contribution < -0.4 is 0 Å². The van der Waals surface area contributed by atoms with E-state index in [0.717, 1.165) is 0 Å². The Morgan fingerprint density at radius 3 is 1.88 bits per heavy atom. The lowest BCUT2D eigenvalue weighted by Gasteiger charge is -2.18. The molecule has 6 heteroatoms. The highest BCUT2D eigenvalue weighted by atomic mass is 35.5. The summed E-state index contributed by atoms with van der Waals surface area (Å²) in [6.45, 7) is 2.96. The predicted octanol–water partition coefficient (Wildman–Crippen LogP) is 1.33. The zero-order valence-electron chi connectivity index (χ0n) is 9.70. The smallest absolute Gasteiger partial charge is 0.302 e. The van der Waals surface area contributed by atoms with E-state index in [-0.39, 0.29) is 31.1 Å². The Hall–Kier alpha value is -0.810. The summed E-state index contributed by atoms with van der Waals surface area (Å²) in [6, 6.07) is 0. The number of carbonyl (C=O) groups excluding carboxylic acids is 2. The SMILES string of the molecule is COC(Cl)CC(COC(C)=O)COC(C)=O. The molecule has 0 N–H and O–H groups in total. The minimum absolute atomic E-state index is 0.157. The first kappa shape index (κ1) is 15.2. The molecule has 0 spiro atoms. The molecule has 1 unspecified atom stereocenters. The molecular formula is C10H17ClO5. The lowest BCUT2D eigenvalue weighted by Crippen LogP contribution is -2.23. The fourth-order valence-corrected chi connectivity index (χ4v) is 1.26. The quantitative estimate of drug-likeness (QED) is 0.505. The highest BCUT2D eigenvalue weighted by Gasteiger charge is 2.17. The molecule has 0 bridgehead atoms. The van der Waals surface area contributed by atoms with E-state index >= 15 is 0 Å². The van der Waals surface area contributed by atoms with E-state index in [1.807, 2.05) is 0 Å². The number of rotatable bonds is 7. The highest BCUT2D eigenvalue weighted by Crippen LogP contribution is 2.13. The average molecular weight is 253 g/mol. The monoisotopic (exact) mass is 252 g/mol.